The molecular weight excluding hydrogens is 150 g/mol. The Labute approximate surface area is 71.9 Å². The van der Waals surface area contributed by atoms with Crippen molar-refractivity contribution in [1.82, 2.24) is 9.55 Å². The van der Waals surface area contributed by atoms with Gasteiger partial charge in [0.1, 0.15) is 0 Å². The van der Waals surface area contributed by atoms with Crippen molar-refractivity contribution < 1.29 is 0 Å². The van der Waals surface area contributed by atoms with Gasteiger partial charge < -0.3 is 10.3 Å². The fraction of sp³-hybridized carbons (Fsp3) is 0.444. The highest BCUT2D eigenvalue weighted by molar-refractivity contribution is 5.46. The molecule has 1 aliphatic carbocycles. The van der Waals surface area contributed by atoms with Crippen LogP contribution in [0.4, 0.5) is 0 Å². The van der Waals surface area contributed by atoms with E-state index in [0.29, 0.717) is 6.04 Å². The molecule has 1 atom stereocenters. The summed E-state index contributed by atoms with van der Waals surface area (Å²) >= 11 is 0. The number of imidazole rings is 1. The number of allylic oxidation sites excluding steroid dienone is 1. The zero-order chi connectivity index (χ0) is 8.39. The van der Waals surface area contributed by atoms with E-state index in [0.717, 1.165) is 19.3 Å². The average Bonchev–Trinajstić information content (AvgIpc) is 2.56. The number of hydrogen-bond acceptors (Lipinski definition) is 2. The molecule has 3 nitrogen and oxygen atoms in total. The Balaban J connectivity index is 2.19. The maximum absolute atomic E-state index is 5.86. The lowest BCUT2D eigenvalue weighted by Crippen LogP contribution is -2.23. The van der Waals surface area contributed by atoms with Crippen molar-refractivity contribution in [2.24, 2.45) is 5.73 Å². The van der Waals surface area contributed by atoms with E-state index in [1.165, 1.54) is 5.70 Å². The summed E-state index contributed by atoms with van der Waals surface area (Å²) < 4.78 is 2.04. The van der Waals surface area contributed by atoms with Crippen LogP contribution in [0.2, 0.25) is 0 Å². The second kappa shape index (κ2) is 3.11. The lowest BCUT2D eigenvalue weighted by atomic mass is 10.00. The number of nitrogens with two attached hydrogens (primary N) is 1. The van der Waals surface area contributed by atoms with E-state index in [-0.39, 0.29) is 0 Å². The molecule has 0 radical (unpaired) electrons. The molecule has 0 amide bonds. The Kier molecular flexibility index (Phi) is 1.96. The summed E-state index contributed by atoms with van der Waals surface area (Å²) in [5.41, 5.74) is 7.14. The van der Waals surface area contributed by atoms with Crippen LogP contribution < -0.4 is 5.73 Å². The Morgan fingerprint density at radius 1 is 1.58 bits per heavy atom. The molecule has 2 rings (SSSR count). The number of hydrogen-bond donors (Lipinski definition) is 1. The number of nitrogens with zero attached hydrogens (tertiary/aromatic N) is 2. The predicted molar refractivity (Wildman–Crippen MR) is 48.3 cm³/mol. The molecule has 1 unspecified atom stereocenters. The predicted octanol–water partition coefficient (Wildman–Crippen LogP) is 1.24. The second-order valence-corrected chi connectivity index (χ2v) is 3.21. The first kappa shape index (κ1) is 7.55. The molecule has 0 saturated carbocycles. The van der Waals surface area contributed by atoms with Crippen LogP contribution in [-0.4, -0.2) is 15.6 Å². The molecule has 0 bridgehead atoms. The van der Waals surface area contributed by atoms with Crippen molar-refractivity contribution in [3.8, 4) is 0 Å². The van der Waals surface area contributed by atoms with Crippen molar-refractivity contribution in [3.05, 3.63) is 24.8 Å². The lowest BCUT2D eigenvalue weighted by Gasteiger charge is -2.19. The number of rotatable bonds is 1. The van der Waals surface area contributed by atoms with Gasteiger partial charge in [0.05, 0.1) is 6.33 Å². The smallest absolute Gasteiger partial charge is 0.0989 e. The zero-order valence-electron chi connectivity index (χ0n) is 6.98. The maximum Gasteiger partial charge on any atom is 0.0989 e. The van der Waals surface area contributed by atoms with Crippen LogP contribution in [0.3, 0.4) is 0 Å². The second-order valence-electron chi connectivity index (χ2n) is 3.21. The van der Waals surface area contributed by atoms with E-state index >= 15 is 0 Å². The van der Waals surface area contributed by atoms with Gasteiger partial charge in [-0.25, -0.2) is 4.98 Å². The van der Waals surface area contributed by atoms with Crippen LogP contribution in [0.1, 0.15) is 19.3 Å². The van der Waals surface area contributed by atoms with Crippen LogP contribution in [0.25, 0.3) is 5.70 Å². The highest BCUT2D eigenvalue weighted by Crippen LogP contribution is 2.20. The molecule has 1 aliphatic rings. The monoisotopic (exact) mass is 163 g/mol. The first-order chi connectivity index (χ1) is 5.86. The highest BCUT2D eigenvalue weighted by Gasteiger charge is 2.11. The Morgan fingerprint density at radius 3 is 3.17 bits per heavy atom. The van der Waals surface area contributed by atoms with Gasteiger partial charge in [0.15, 0.2) is 0 Å². The van der Waals surface area contributed by atoms with Crippen molar-refractivity contribution in [1.29, 1.82) is 0 Å². The maximum atomic E-state index is 5.86. The quantitative estimate of drug-likeness (QED) is 0.676. The molecule has 0 aromatic carbocycles. The van der Waals surface area contributed by atoms with Gasteiger partial charge in [-0.2, -0.15) is 0 Å². The van der Waals surface area contributed by atoms with E-state index in [1.807, 2.05) is 17.1 Å². The molecule has 1 heterocycles. The van der Waals surface area contributed by atoms with Crippen molar-refractivity contribution >= 4 is 5.70 Å². The van der Waals surface area contributed by atoms with E-state index in [9.17, 15) is 0 Å². The van der Waals surface area contributed by atoms with Gasteiger partial charge in [0.2, 0.25) is 0 Å². The molecule has 0 saturated heterocycles. The fourth-order valence-corrected chi connectivity index (χ4v) is 1.56. The fourth-order valence-electron chi connectivity index (χ4n) is 1.56. The zero-order valence-corrected chi connectivity index (χ0v) is 6.98. The SMILES string of the molecule is NC1CCC=C(n2ccnc2)C1. The summed E-state index contributed by atoms with van der Waals surface area (Å²) in [7, 11) is 0. The Morgan fingerprint density at radius 2 is 2.50 bits per heavy atom. The molecule has 1 aromatic heterocycles. The Hall–Kier alpha value is -1.09. The normalized spacial score (nSPS) is 23.8. The van der Waals surface area contributed by atoms with E-state index in [2.05, 4.69) is 11.1 Å². The summed E-state index contributed by atoms with van der Waals surface area (Å²) in [6.45, 7) is 0. The minimum Gasteiger partial charge on any atom is -0.327 e. The van der Waals surface area contributed by atoms with Crippen LogP contribution >= 0.6 is 0 Å². The Bertz CT molecular complexity index is 274. The standard InChI is InChI=1S/C9H13N3/c10-8-2-1-3-9(6-8)12-5-4-11-7-12/h3-5,7-8H,1-2,6,10H2. The topological polar surface area (TPSA) is 43.8 Å². The van der Waals surface area contributed by atoms with Crippen molar-refractivity contribution in [2.45, 2.75) is 25.3 Å². The third-order valence-electron chi connectivity index (χ3n) is 2.22. The molecule has 0 spiro atoms. The van der Waals surface area contributed by atoms with Gasteiger partial charge in [0, 0.05) is 30.6 Å². The average molecular weight is 163 g/mol. The molecule has 1 aromatic rings. The van der Waals surface area contributed by atoms with Crippen LogP contribution in [-0.2, 0) is 0 Å². The molecule has 0 aliphatic heterocycles. The highest BCUT2D eigenvalue weighted by atomic mass is 15.0. The number of aromatic nitrogens is 2. The molecule has 0 fully saturated rings. The summed E-state index contributed by atoms with van der Waals surface area (Å²) in [6.07, 6.45) is 11.0. The van der Waals surface area contributed by atoms with Gasteiger partial charge >= 0.3 is 0 Å². The summed E-state index contributed by atoms with van der Waals surface area (Å²) in [4.78, 5) is 4.00. The van der Waals surface area contributed by atoms with E-state index < -0.39 is 0 Å². The first-order valence-corrected chi connectivity index (χ1v) is 4.29. The summed E-state index contributed by atoms with van der Waals surface area (Å²) in [5.74, 6) is 0. The third-order valence-corrected chi connectivity index (χ3v) is 2.22. The van der Waals surface area contributed by atoms with Crippen molar-refractivity contribution in [2.75, 3.05) is 0 Å². The van der Waals surface area contributed by atoms with Crippen LogP contribution in [0.15, 0.2) is 24.8 Å². The molecule has 12 heavy (non-hydrogen) atoms. The van der Waals surface area contributed by atoms with Crippen LogP contribution in [0.5, 0.6) is 0 Å². The first-order valence-electron chi connectivity index (χ1n) is 4.29. The summed E-state index contributed by atoms with van der Waals surface area (Å²) in [6, 6.07) is 0.326. The van der Waals surface area contributed by atoms with E-state index in [1.54, 1.807) is 6.20 Å². The molecule has 2 N–H and O–H groups in total. The van der Waals surface area contributed by atoms with Crippen molar-refractivity contribution in [3.63, 3.8) is 0 Å². The summed E-state index contributed by atoms with van der Waals surface area (Å²) in [5, 5.41) is 0. The van der Waals surface area contributed by atoms with Gasteiger partial charge in [-0.1, -0.05) is 6.08 Å². The van der Waals surface area contributed by atoms with Gasteiger partial charge in [-0.3, -0.25) is 0 Å². The minimum absolute atomic E-state index is 0.326. The molecule has 64 valence electrons. The van der Waals surface area contributed by atoms with E-state index in [4.69, 9.17) is 5.73 Å². The van der Waals surface area contributed by atoms with Gasteiger partial charge in [-0.05, 0) is 12.8 Å². The molecular formula is C9H13N3. The lowest BCUT2D eigenvalue weighted by molar-refractivity contribution is 0.602. The van der Waals surface area contributed by atoms with Gasteiger partial charge in [0.25, 0.3) is 0 Å². The largest absolute Gasteiger partial charge is 0.327 e. The molecule has 3 heteroatoms. The van der Waals surface area contributed by atoms with Gasteiger partial charge in [-0.15, -0.1) is 0 Å². The van der Waals surface area contributed by atoms with Crippen LogP contribution in [0, 0.1) is 0 Å². The third kappa shape index (κ3) is 1.41. The minimum atomic E-state index is 0.326.